The number of nitrogens with zero attached hydrogens (tertiary/aromatic N) is 2. The third-order valence-electron chi connectivity index (χ3n) is 9.04. The molecule has 266 valence electrons. The van der Waals surface area contributed by atoms with Gasteiger partial charge in [-0.2, -0.15) is 0 Å². The Labute approximate surface area is 305 Å². The van der Waals surface area contributed by atoms with E-state index in [1.54, 1.807) is 13.8 Å². The first-order chi connectivity index (χ1) is 24.7. The summed E-state index contributed by atoms with van der Waals surface area (Å²) >= 11 is 11.6. The van der Waals surface area contributed by atoms with Crippen molar-refractivity contribution in [3.63, 3.8) is 0 Å². The minimum atomic E-state index is -1.07. The molecule has 52 heavy (non-hydrogen) atoms. The molecule has 4 aromatic carbocycles. The van der Waals surface area contributed by atoms with Gasteiger partial charge >= 0.3 is 11.9 Å². The number of aromatic hydroxyl groups is 2. The summed E-state index contributed by atoms with van der Waals surface area (Å²) in [6.07, 6.45) is 0.187. The van der Waals surface area contributed by atoms with Crippen molar-refractivity contribution in [3.05, 3.63) is 128 Å². The van der Waals surface area contributed by atoms with Crippen LogP contribution in [0.3, 0.4) is 0 Å². The average Bonchev–Trinajstić information content (AvgIpc) is 3.53. The molecule has 0 aliphatic rings. The first kappa shape index (κ1) is 36.3. The molecule has 0 bridgehead atoms. The third kappa shape index (κ3) is 6.53. The second-order valence-electron chi connectivity index (χ2n) is 12.3. The fraction of sp³-hybridized carbons (Fsp3) is 0.179. The van der Waals surface area contributed by atoms with Gasteiger partial charge in [-0.05, 0) is 104 Å². The van der Waals surface area contributed by atoms with Crippen LogP contribution in [0.2, 0.25) is 10.0 Å². The summed E-state index contributed by atoms with van der Waals surface area (Å²) in [6, 6.07) is 15.7. The maximum absolute atomic E-state index is 14.3. The number of hydrogen-bond donors (Lipinski definition) is 2. The molecule has 0 amide bonds. The first-order valence-electron chi connectivity index (χ1n) is 16.1. The molecular weight excluding hydrogens is 717 g/mol. The van der Waals surface area contributed by atoms with Gasteiger partial charge in [0, 0.05) is 33.3 Å². The van der Waals surface area contributed by atoms with E-state index in [9.17, 15) is 38.2 Å². The van der Waals surface area contributed by atoms with Crippen molar-refractivity contribution in [2.24, 2.45) is 0 Å². The predicted molar refractivity (Wildman–Crippen MR) is 191 cm³/mol. The summed E-state index contributed by atoms with van der Waals surface area (Å²) < 4.78 is 36.6. The van der Waals surface area contributed by atoms with Crippen LogP contribution in [-0.4, -0.2) is 43.1 Å². The fourth-order valence-electron chi connectivity index (χ4n) is 6.64. The van der Waals surface area contributed by atoms with Crippen LogP contribution in [0.4, 0.5) is 8.78 Å². The van der Waals surface area contributed by atoms with E-state index in [-0.39, 0.29) is 44.7 Å². The fourth-order valence-corrected chi connectivity index (χ4v) is 6.87. The maximum atomic E-state index is 14.3. The van der Waals surface area contributed by atoms with Crippen molar-refractivity contribution < 1.29 is 42.9 Å². The Balaban J connectivity index is 1.36. The van der Waals surface area contributed by atoms with Crippen LogP contribution >= 0.6 is 23.2 Å². The molecule has 1 atom stereocenters. The highest BCUT2D eigenvalue weighted by Gasteiger charge is 2.32. The summed E-state index contributed by atoms with van der Waals surface area (Å²) in [5, 5.41) is 21.1. The highest BCUT2D eigenvalue weighted by atomic mass is 35.5. The van der Waals surface area contributed by atoms with E-state index in [1.165, 1.54) is 69.8 Å². The van der Waals surface area contributed by atoms with Crippen molar-refractivity contribution in [2.45, 2.75) is 46.0 Å². The van der Waals surface area contributed by atoms with E-state index in [2.05, 4.69) is 0 Å². The van der Waals surface area contributed by atoms with Gasteiger partial charge in [0.25, 0.3) is 11.8 Å². The van der Waals surface area contributed by atoms with E-state index in [1.807, 2.05) is 6.92 Å². The molecule has 0 aliphatic heterocycles. The molecular formula is C39H30Cl2F2N2O7. The summed E-state index contributed by atoms with van der Waals surface area (Å²) in [5.74, 6) is -6.03. The molecule has 2 aromatic heterocycles. The van der Waals surface area contributed by atoms with Gasteiger partial charge in [0.1, 0.15) is 23.1 Å². The number of rotatable bonds is 8. The van der Waals surface area contributed by atoms with Gasteiger partial charge in [-0.3, -0.25) is 28.3 Å². The second-order valence-corrected chi connectivity index (χ2v) is 13.1. The molecule has 0 saturated carbocycles. The summed E-state index contributed by atoms with van der Waals surface area (Å²) in [6.45, 7) is 4.99. The smallest absolute Gasteiger partial charge is 0.321 e. The number of ether oxygens (including phenoxy) is 1. The summed E-state index contributed by atoms with van der Waals surface area (Å²) in [5.41, 5.74) is 1.87. The van der Waals surface area contributed by atoms with Gasteiger partial charge in [0.15, 0.2) is 0 Å². The van der Waals surface area contributed by atoms with Gasteiger partial charge in [-0.1, -0.05) is 36.5 Å². The highest BCUT2D eigenvalue weighted by Crippen LogP contribution is 2.38. The monoisotopic (exact) mass is 746 g/mol. The van der Waals surface area contributed by atoms with Crippen molar-refractivity contribution in [3.8, 4) is 11.5 Å². The number of fused-ring (bicyclic) bond motifs is 2. The van der Waals surface area contributed by atoms with Crippen molar-refractivity contribution in [1.29, 1.82) is 0 Å². The molecule has 9 nitrogen and oxygen atoms in total. The largest absolute Gasteiger partial charge is 0.508 e. The number of esters is 2. The van der Waals surface area contributed by atoms with E-state index >= 15 is 0 Å². The number of phenolic OH excluding ortho intramolecular Hbond substituents is 2. The number of benzene rings is 4. The van der Waals surface area contributed by atoms with Crippen LogP contribution in [0, 0.1) is 25.5 Å². The number of phenols is 2. The molecule has 0 aliphatic carbocycles. The lowest BCUT2D eigenvalue weighted by Gasteiger charge is -2.16. The van der Waals surface area contributed by atoms with E-state index < -0.39 is 47.7 Å². The van der Waals surface area contributed by atoms with Crippen LogP contribution in [0.5, 0.6) is 11.5 Å². The van der Waals surface area contributed by atoms with Crippen LogP contribution in [0.25, 0.3) is 21.8 Å². The van der Waals surface area contributed by atoms with Gasteiger partial charge in [0.2, 0.25) is 0 Å². The number of carbonyl (C=O) groups is 4. The quantitative estimate of drug-likeness (QED) is 0.118. The Hall–Kier alpha value is -5.52. The average molecular weight is 748 g/mol. The molecule has 0 radical (unpaired) electrons. The lowest BCUT2D eigenvalue weighted by atomic mass is 9.92. The molecule has 1 unspecified atom stereocenters. The first-order valence-corrected chi connectivity index (χ1v) is 16.9. The Morgan fingerprint density at radius 1 is 0.731 bits per heavy atom. The molecule has 0 spiro atoms. The Morgan fingerprint density at radius 2 is 1.23 bits per heavy atom. The van der Waals surface area contributed by atoms with Gasteiger partial charge in [-0.15, -0.1) is 0 Å². The zero-order valence-electron chi connectivity index (χ0n) is 28.0. The second kappa shape index (κ2) is 14.2. The summed E-state index contributed by atoms with van der Waals surface area (Å²) in [4.78, 5) is 54.8. The highest BCUT2D eigenvalue weighted by molar-refractivity contribution is 6.31. The van der Waals surface area contributed by atoms with E-state index in [0.717, 1.165) is 12.1 Å². The van der Waals surface area contributed by atoms with Crippen LogP contribution in [0.15, 0.2) is 72.8 Å². The third-order valence-corrected chi connectivity index (χ3v) is 9.65. The molecule has 6 aromatic rings. The van der Waals surface area contributed by atoms with Gasteiger partial charge in [-0.25, -0.2) is 8.78 Å². The number of hydrogen-bond acceptors (Lipinski definition) is 7. The molecule has 0 saturated heterocycles. The molecule has 6 rings (SSSR count). The zero-order valence-corrected chi connectivity index (χ0v) is 29.5. The van der Waals surface area contributed by atoms with Crippen molar-refractivity contribution in [1.82, 2.24) is 9.13 Å². The topological polar surface area (TPSA) is 128 Å². The number of halogens is 4. The Bertz CT molecular complexity index is 2470. The normalized spacial score (nSPS) is 12.0. The van der Waals surface area contributed by atoms with Crippen LogP contribution < -0.4 is 0 Å². The molecule has 13 heteroatoms. The van der Waals surface area contributed by atoms with Crippen molar-refractivity contribution >= 4 is 68.8 Å². The maximum Gasteiger partial charge on any atom is 0.321 e. The van der Waals surface area contributed by atoms with Crippen molar-refractivity contribution in [2.75, 3.05) is 0 Å². The van der Waals surface area contributed by atoms with E-state index in [4.69, 9.17) is 27.9 Å². The molecule has 0 fully saturated rings. The lowest BCUT2D eigenvalue weighted by Crippen LogP contribution is -2.22. The number of carbonyl (C=O) groups excluding carboxylic acids is 4. The predicted octanol–water partition coefficient (Wildman–Crippen LogP) is 8.78. The standard InChI is InChI=1S/C39H30Cl2F2N2O7/c1-4-5-25(36-20(3)45(34-13-9-24(47)17-28(34)36)38(50)22-7-11-30(41)32(43)15-22)39(51)52-35(48)18-26-19(2)44(33-12-8-23(46)16-27(26)33)37(49)21-6-10-29(40)31(42)14-21/h6-17,25,46-47H,4-5,18H2,1-3H3. The minimum Gasteiger partial charge on any atom is -0.508 e. The summed E-state index contributed by atoms with van der Waals surface area (Å²) in [7, 11) is 0. The SMILES string of the molecule is CCCC(C(=O)OC(=O)Cc1c(C)n(C(=O)c2ccc(Cl)c(F)c2)c2ccc(O)cc12)c1c(C)n(C(=O)c2ccc(Cl)c(F)c2)c2ccc(O)cc12. The zero-order chi connectivity index (χ0) is 37.6. The van der Waals surface area contributed by atoms with Crippen LogP contribution in [-0.2, 0) is 20.7 Å². The lowest BCUT2D eigenvalue weighted by molar-refractivity contribution is -0.160. The van der Waals surface area contributed by atoms with E-state index in [0.29, 0.717) is 45.2 Å². The van der Waals surface area contributed by atoms with Gasteiger partial charge < -0.3 is 14.9 Å². The Kier molecular flexibility index (Phi) is 9.94. The molecule has 2 heterocycles. The number of aromatic nitrogens is 2. The molecule has 2 N–H and O–H groups in total. The minimum absolute atomic E-state index is 0.00781. The van der Waals surface area contributed by atoms with Crippen LogP contribution in [0.1, 0.15) is 68.9 Å². The Morgan fingerprint density at radius 3 is 1.75 bits per heavy atom. The van der Waals surface area contributed by atoms with Gasteiger partial charge in [0.05, 0.1) is 33.4 Å².